The molecule has 1 heterocycles. The van der Waals surface area contributed by atoms with Gasteiger partial charge in [0.15, 0.2) is 0 Å². The zero-order chi connectivity index (χ0) is 12.3. The highest BCUT2D eigenvalue weighted by Crippen LogP contribution is 2.22. The summed E-state index contributed by atoms with van der Waals surface area (Å²) in [5, 5.41) is 3.51. The smallest absolute Gasteiger partial charge is 0.203 e. The number of rotatable bonds is 4. The van der Waals surface area contributed by atoms with Gasteiger partial charge in [-0.05, 0) is 25.7 Å². The van der Waals surface area contributed by atoms with Gasteiger partial charge < -0.3 is 9.88 Å². The van der Waals surface area contributed by atoms with E-state index in [1.54, 1.807) is 0 Å². The summed E-state index contributed by atoms with van der Waals surface area (Å²) in [4.78, 5) is 4.53. The molecule has 0 bridgehead atoms. The Morgan fingerprint density at radius 2 is 2.06 bits per heavy atom. The van der Waals surface area contributed by atoms with E-state index in [4.69, 9.17) is 0 Å². The monoisotopic (exact) mass is 223 g/mol. The van der Waals surface area contributed by atoms with Crippen molar-refractivity contribution in [3.63, 3.8) is 0 Å². The summed E-state index contributed by atoms with van der Waals surface area (Å²) in [5.74, 6) is 1.00. The van der Waals surface area contributed by atoms with Crippen molar-refractivity contribution in [1.82, 2.24) is 9.55 Å². The van der Waals surface area contributed by atoms with Gasteiger partial charge in [-0.1, -0.05) is 27.7 Å². The minimum absolute atomic E-state index is 0.247. The first-order valence-corrected chi connectivity index (χ1v) is 6.15. The summed E-state index contributed by atoms with van der Waals surface area (Å²) in [6.45, 7) is 14.2. The lowest BCUT2D eigenvalue weighted by Gasteiger charge is -2.28. The summed E-state index contributed by atoms with van der Waals surface area (Å²) in [7, 11) is 0. The Balaban J connectivity index is 2.80. The summed E-state index contributed by atoms with van der Waals surface area (Å²) in [6, 6.07) is 0.407. The normalized spacial score (nSPS) is 13.9. The van der Waals surface area contributed by atoms with Crippen molar-refractivity contribution >= 4 is 5.95 Å². The van der Waals surface area contributed by atoms with Crippen LogP contribution in [0.2, 0.25) is 0 Å². The maximum Gasteiger partial charge on any atom is 0.203 e. The van der Waals surface area contributed by atoms with Crippen LogP contribution in [-0.2, 0) is 6.54 Å². The Hall–Kier alpha value is -0.990. The summed E-state index contributed by atoms with van der Waals surface area (Å²) < 4.78 is 2.21. The molecule has 1 aromatic rings. The third-order valence-electron chi connectivity index (χ3n) is 3.01. The molecule has 0 saturated carbocycles. The Kier molecular flexibility index (Phi) is 4.00. The second kappa shape index (κ2) is 4.89. The van der Waals surface area contributed by atoms with Crippen LogP contribution in [-0.4, -0.2) is 15.6 Å². The molecular formula is C13H25N3. The van der Waals surface area contributed by atoms with Gasteiger partial charge >= 0.3 is 0 Å². The van der Waals surface area contributed by atoms with Gasteiger partial charge in [-0.15, -0.1) is 0 Å². The molecule has 0 fully saturated rings. The quantitative estimate of drug-likeness (QED) is 0.847. The predicted octanol–water partition coefficient (Wildman–Crippen LogP) is 3.45. The number of imidazole rings is 1. The average molecular weight is 223 g/mol. The minimum atomic E-state index is 0.247. The van der Waals surface area contributed by atoms with E-state index in [0.29, 0.717) is 6.04 Å². The fraction of sp³-hybridized carbons (Fsp3) is 0.769. The lowest BCUT2D eigenvalue weighted by atomic mass is 9.88. The fourth-order valence-electron chi connectivity index (χ4n) is 1.48. The first-order valence-electron chi connectivity index (χ1n) is 6.15. The molecule has 92 valence electrons. The minimum Gasteiger partial charge on any atom is -0.353 e. The molecular weight excluding hydrogens is 198 g/mol. The van der Waals surface area contributed by atoms with Gasteiger partial charge in [0, 0.05) is 18.8 Å². The van der Waals surface area contributed by atoms with E-state index in [0.717, 1.165) is 24.6 Å². The number of nitrogens with one attached hydrogen (secondary N) is 1. The number of nitrogens with zero attached hydrogens (tertiary/aromatic N) is 2. The Morgan fingerprint density at radius 3 is 2.56 bits per heavy atom. The molecule has 0 aliphatic carbocycles. The summed E-state index contributed by atoms with van der Waals surface area (Å²) >= 11 is 0. The number of hydrogen-bond donors (Lipinski definition) is 1. The average Bonchev–Trinajstić information content (AvgIpc) is 2.45. The van der Waals surface area contributed by atoms with Crippen molar-refractivity contribution in [2.75, 3.05) is 5.32 Å². The van der Waals surface area contributed by atoms with E-state index < -0.39 is 0 Å². The van der Waals surface area contributed by atoms with Crippen molar-refractivity contribution in [3.05, 3.63) is 11.9 Å². The standard InChI is InChI=1S/C13H25N3/c1-7-8-16-9-10(2)14-12(16)15-11(3)13(4,5)6/h9,11H,7-8H2,1-6H3,(H,14,15). The largest absolute Gasteiger partial charge is 0.353 e. The second-order valence-corrected chi connectivity index (χ2v) is 5.63. The number of anilines is 1. The molecule has 16 heavy (non-hydrogen) atoms. The van der Waals surface area contributed by atoms with Gasteiger partial charge in [-0.25, -0.2) is 4.98 Å². The SMILES string of the molecule is CCCn1cc(C)nc1NC(C)C(C)(C)C. The Morgan fingerprint density at radius 1 is 1.44 bits per heavy atom. The Labute approximate surface area is 99.3 Å². The van der Waals surface area contributed by atoms with Crippen LogP contribution in [0.5, 0.6) is 0 Å². The van der Waals surface area contributed by atoms with Gasteiger partial charge in [-0.3, -0.25) is 0 Å². The highest BCUT2D eigenvalue weighted by molar-refractivity contribution is 5.30. The Bertz CT molecular complexity index is 333. The second-order valence-electron chi connectivity index (χ2n) is 5.63. The molecule has 1 aromatic heterocycles. The first-order chi connectivity index (χ1) is 7.34. The van der Waals surface area contributed by atoms with Gasteiger partial charge in [-0.2, -0.15) is 0 Å². The number of aryl methyl sites for hydroxylation is 2. The molecule has 0 spiro atoms. The van der Waals surface area contributed by atoms with Crippen LogP contribution >= 0.6 is 0 Å². The zero-order valence-electron chi connectivity index (χ0n) is 11.5. The van der Waals surface area contributed by atoms with Crippen LogP contribution in [0.3, 0.4) is 0 Å². The van der Waals surface area contributed by atoms with E-state index in [2.05, 4.69) is 55.7 Å². The zero-order valence-corrected chi connectivity index (χ0v) is 11.5. The molecule has 0 aromatic carbocycles. The lowest BCUT2D eigenvalue weighted by molar-refractivity contribution is 0.357. The van der Waals surface area contributed by atoms with E-state index in [1.807, 2.05) is 6.92 Å². The molecule has 0 radical (unpaired) electrons. The van der Waals surface area contributed by atoms with Gasteiger partial charge in [0.2, 0.25) is 5.95 Å². The van der Waals surface area contributed by atoms with E-state index >= 15 is 0 Å². The van der Waals surface area contributed by atoms with Crippen molar-refractivity contribution in [1.29, 1.82) is 0 Å². The molecule has 3 heteroatoms. The lowest BCUT2D eigenvalue weighted by Crippen LogP contribution is -2.32. The molecule has 0 saturated heterocycles. The van der Waals surface area contributed by atoms with Crippen LogP contribution < -0.4 is 5.32 Å². The topological polar surface area (TPSA) is 29.9 Å². The summed E-state index contributed by atoms with van der Waals surface area (Å²) in [6.07, 6.45) is 3.25. The van der Waals surface area contributed by atoms with Crippen LogP contribution in [0.25, 0.3) is 0 Å². The molecule has 0 amide bonds. The molecule has 0 aliphatic heterocycles. The van der Waals surface area contributed by atoms with Gasteiger partial charge in [0.25, 0.3) is 0 Å². The van der Waals surface area contributed by atoms with Crippen LogP contribution in [0, 0.1) is 12.3 Å². The molecule has 1 unspecified atom stereocenters. The molecule has 1 atom stereocenters. The van der Waals surface area contributed by atoms with Crippen molar-refractivity contribution in [2.24, 2.45) is 5.41 Å². The van der Waals surface area contributed by atoms with E-state index in [-0.39, 0.29) is 5.41 Å². The van der Waals surface area contributed by atoms with Crippen LogP contribution in [0.1, 0.15) is 46.7 Å². The molecule has 3 nitrogen and oxygen atoms in total. The third kappa shape index (κ3) is 3.26. The van der Waals surface area contributed by atoms with Crippen LogP contribution in [0.4, 0.5) is 5.95 Å². The number of hydrogen-bond acceptors (Lipinski definition) is 2. The summed E-state index contributed by atoms with van der Waals surface area (Å²) in [5.41, 5.74) is 1.33. The predicted molar refractivity (Wildman–Crippen MR) is 69.8 cm³/mol. The molecule has 0 aliphatic rings. The van der Waals surface area contributed by atoms with E-state index in [1.165, 1.54) is 0 Å². The molecule has 1 rings (SSSR count). The maximum absolute atomic E-state index is 4.53. The molecule has 1 N–H and O–H groups in total. The number of aromatic nitrogens is 2. The van der Waals surface area contributed by atoms with Gasteiger partial charge in [0.1, 0.15) is 0 Å². The van der Waals surface area contributed by atoms with E-state index in [9.17, 15) is 0 Å². The van der Waals surface area contributed by atoms with Crippen molar-refractivity contribution in [2.45, 2.75) is 60.5 Å². The third-order valence-corrected chi connectivity index (χ3v) is 3.01. The van der Waals surface area contributed by atoms with Gasteiger partial charge in [0.05, 0.1) is 5.69 Å². The van der Waals surface area contributed by atoms with Crippen molar-refractivity contribution < 1.29 is 0 Å². The van der Waals surface area contributed by atoms with Crippen molar-refractivity contribution in [3.8, 4) is 0 Å². The van der Waals surface area contributed by atoms with Crippen LogP contribution in [0.15, 0.2) is 6.20 Å². The maximum atomic E-state index is 4.53. The first kappa shape index (κ1) is 13.1. The fourth-order valence-corrected chi connectivity index (χ4v) is 1.48. The highest BCUT2D eigenvalue weighted by atomic mass is 15.2. The highest BCUT2D eigenvalue weighted by Gasteiger charge is 2.21.